The molecule has 6 heteroatoms. The van der Waals surface area contributed by atoms with Gasteiger partial charge in [0.15, 0.2) is 12.7 Å². The van der Waals surface area contributed by atoms with Crippen LogP contribution in [0.25, 0.3) is 0 Å². The molecule has 0 aliphatic heterocycles. The molecule has 2 atom stereocenters. The molecule has 0 bridgehead atoms. The molecule has 2 aromatic carbocycles. The minimum Gasteiger partial charge on any atom is -0.479 e. The molecule has 138 valence electrons. The van der Waals surface area contributed by atoms with Crippen molar-refractivity contribution in [3.8, 4) is 5.75 Å². The van der Waals surface area contributed by atoms with Gasteiger partial charge in [-0.2, -0.15) is 0 Å². The van der Waals surface area contributed by atoms with Crippen LogP contribution >= 0.6 is 11.6 Å². The molecule has 0 spiro atoms. The molecule has 0 heterocycles. The number of carbonyl (C=O) groups is 2. The van der Waals surface area contributed by atoms with Gasteiger partial charge in [-0.25, -0.2) is 4.79 Å². The Morgan fingerprint density at radius 3 is 2.54 bits per heavy atom. The Morgan fingerprint density at radius 2 is 1.85 bits per heavy atom. The van der Waals surface area contributed by atoms with Crippen LogP contribution in [0.4, 0.5) is 0 Å². The fourth-order valence-electron chi connectivity index (χ4n) is 2.34. The van der Waals surface area contributed by atoms with Gasteiger partial charge in [-0.1, -0.05) is 35.9 Å². The summed E-state index contributed by atoms with van der Waals surface area (Å²) in [6.45, 7) is 4.97. The summed E-state index contributed by atoms with van der Waals surface area (Å²) in [6, 6.07) is 14.3. The Balaban J connectivity index is 1.79. The number of rotatable bonds is 7. The summed E-state index contributed by atoms with van der Waals surface area (Å²) in [5.41, 5.74) is 1.89. The molecule has 2 rings (SSSR count). The summed E-state index contributed by atoms with van der Waals surface area (Å²) in [5, 5.41) is 3.35. The first kappa shape index (κ1) is 19.8. The van der Waals surface area contributed by atoms with Gasteiger partial charge in [0.2, 0.25) is 0 Å². The second kappa shape index (κ2) is 9.25. The largest absolute Gasteiger partial charge is 0.479 e. The van der Waals surface area contributed by atoms with Crippen LogP contribution in [0.3, 0.4) is 0 Å². The number of aryl methyl sites for hydroxylation is 1. The fraction of sp³-hybridized carbons (Fsp3) is 0.300. The first-order valence-electron chi connectivity index (χ1n) is 8.30. The number of esters is 1. The molecule has 0 fully saturated rings. The zero-order valence-electron chi connectivity index (χ0n) is 15.0. The van der Waals surface area contributed by atoms with Crippen LogP contribution < -0.4 is 10.1 Å². The lowest BCUT2D eigenvalue weighted by Gasteiger charge is -2.16. The zero-order valence-corrected chi connectivity index (χ0v) is 15.7. The molecule has 2 aromatic rings. The van der Waals surface area contributed by atoms with Crippen LogP contribution in [0.5, 0.6) is 5.75 Å². The molecule has 0 aliphatic carbocycles. The normalized spacial score (nSPS) is 12.8. The standard InChI is InChI=1S/C20H22ClNO4/c1-13-6-4-9-18(10-13)26-15(3)20(24)25-12-19(23)22-14(2)16-7-5-8-17(21)11-16/h4-11,14-15H,12H2,1-3H3,(H,22,23)/t14-,15+/m1/s1. The smallest absolute Gasteiger partial charge is 0.347 e. The highest BCUT2D eigenvalue weighted by molar-refractivity contribution is 6.30. The van der Waals surface area contributed by atoms with Gasteiger partial charge in [-0.15, -0.1) is 0 Å². The molecule has 0 saturated heterocycles. The van der Waals surface area contributed by atoms with Gasteiger partial charge in [0.1, 0.15) is 5.75 Å². The number of ether oxygens (including phenoxy) is 2. The molecular weight excluding hydrogens is 354 g/mol. The summed E-state index contributed by atoms with van der Waals surface area (Å²) < 4.78 is 10.6. The Kier molecular flexibility index (Phi) is 7.04. The van der Waals surface area contributed by atoms with E-state index in [9.17, 15) is 9.59 Å². The average Bonchev–Trinajstić information content (AvgIpc) is 2.59. The minimum absolute atomic E-state index is 0.249. The Hall–Kier alpha value is -2.53. The summed E-state index contributed by atoms with van der Waals surface area (Å²) in [5.74, 6) is -0.417. The summed E-state index contributed by atoms with van der Waals surface area (Å²) in [6.07, 6.45) is -0.810. The van der Waals surface area contributed by atoms with E-state index in [-0.39, 0.29) is 12.6 Å². The third-order valence-corrected chi connectivity index (χ3v) is 3.94. The van der Waals surface area contributed by atoms with Crippen molar-refractivity contribution >= 4 is 23.5 Å². The van der Waals surface area contributed by atoms with E-state index in [1.807, 2.05) is 44.2 Å². The van der Waals surface area contributed by atoms with E-state index >= 15 is 0 Å². The Bertz CT molecular complexity index is 778. The van der Waals surface area contributed by atoms with Crippen LogP contribution in [0.15, 0.2) is 48.5 Å². The molecule has 0 saturated carbocycles. The third kappa shape index (κ3) is 6.08. The SMILES string of the molecule is Cc1cccc(O[C@@H](C)C(=O)OCC(=O)N[C@H](C)c2cccc(Cl)c2)c1. The van der Waals surface area contributed by atoms with Crippen molar-refractivity contribution < 1.29 is 19.1 Å². The van der Waals surface area contributed by atoms with E-state index in [0.717, 1.165) is 11.1 Å². The van der Waals surface area contributed by atoms with Crippen LogP contribution in [0.1, 0.15) is 31.0 Å². The first-order chi connectivity index (χ1) is 12.3. The van der Waals surface area contributed by atoms with Crippen molar-refractivity contribution in [1.82, 2.24) is 5.32 Å². The topological polar surface area (TPSA) is 64.6 Å². The monoisotopic (exact) mass is 375 g/mol. The lowest BCUT2D eigenvalue weighted by atomic mass is 10.1. The molecule has 1 amide bonds. The van der Waals surface area contributed by atoms with Gasteiger partial charge < -0.3 is 14.8 Å². The van der Waals surface area contributed by atoms with Gasteiger partial charge >= 0.3 is 5.97 Å². The third-order valence-electron chi connectivity index (χ3n) is 3.71. The lowest BCUT2D eigenvalue weighted by molar-refractivity contribution is -0.154. The summed E-state index contributed by atoms with van der Waals surface area (Å²) in [4.78, 5) is 24.0. The second-order valence-corrected chi connectivity index (χ2v) is 6.46. The van der Waals surface area contributed by atoms with Crippen molar-refractivity contribution in [2.75, 3.05) is 6.61 Å². The van der Waals surface area contributed by atoms with E-state index < -0.39 is 18.0 Å². The molecule has 26 heavy (non-hydrogen) atoms. The van der Waals surface area contributed by atoms with Gasteiger partial charge in [0, 0.05) is 5.02 Å². The molecule has 5 nitrogen and oxygen atoms in total. The highest BCUT2D eigenvalue weighted by Crippen LogP contribution is 2.17. The van der Waals surface area contributed by atoms with Crippen molar-refractivity contribution in [3.05, 3.63) is 64.7 Å². The number of amides is 1. The molecular formula is C20H22ClNO4. The number of halogens is 1. The lowest BCUT2D eigenvalue weighted by Crippen LogP contribution is -2.34. The average molecular weight is 376 g/mol. The maximum Gasteiger partial charge on any atom is 0.347 e. The van der Waals surface area contributed by atoms with Crippen LogP contribution in [0, 0.1) is 6.92 Å². The second-order valence-electron chi connectivity index (χ2n) is 6.03. The van der Waals surface area contributed by atoms with Crippen molar-refractivity contribution in [1.29, 1.82) is 0 Å². The molecule has 1 N–H and O–H groups in total. The van der Waals surface area contributed by atoms with Crippen LogP contribution in [-0.2, 0) is 14.3 Å². The quantitative estimate of drug-likeness (QED) is 0.747. The molecule has 0 radical (unpaired) electrons. The van der Waals surface area contributed by atoms with E-state index in [0.29, 0.717) is 10.8 Å². The van der Waals surface area contributed by atoms with E-state index in [2.05, 4.69) is 5.32 Å². The minimum atomic E-state index is -0.810. The van der Waals surface area contributed by atoms with Gasteiger partial charge in [-0.05, 0) is 56.2 Å². The maximum absolute atomic E-state index is 12.0. The summed E-state index contributed by atoms with van der Waals surface area (Å²) >= 11 is 5.94. The van der Waals surface area contributed by atoms with E-state index in [1.165, 1.54) is 0 Å². The number of hydrogen-bond donors (Lipinski definition) is 1. The molecule has 0 aliphatic rings. The highest BCUT2D eigenvalue weighted by Gasteiger charge is 2.18. The Morgan fingerprint density at radius 1 is 1.12 bits per heavy atom. The first-order valence-corrected chi connectivity index (χ1v) is 8.67. The van der Waals surface area contributed by atoms with Crippen LogP contribution in [0.2, 0.25) is 5.02 Å². The van der Waals surface area contributed by atoms with E-state index in [4.69, 9.17) is 21.1 Å². The highest BCUT2D eigenvalue weighted by atomic mass is 35.5. The number of benzene rings is 2. The van der Waals surface area contributed by atoms with Gasteiger partial charge in [0.05, 0.1) is 6.04 Å². The number of hydrogen-bond acceptors (Lipinski definition) is 4. The van der Waals surface area contributed by atoms with Crippen molar-refractivity contribution in [2.24, 2.45) is 0 Å². The maximum atomic E-state index is 12.0. The number of nitrogens with one attached hydrogen (secondary N) is 1. The number of carbonyl (C=O) groups excluding carboxylic acids is 2. The predicted molar refractivity (Wildman–Crippen MR) is 100 cm³/mol. The summed E-state index contributed by atoms with van der Waals surface area (Å²) in [7, 11) is 0. The van der Waals surface area contributed by atoms with Crippen molar-refractivity contribution in [2.45, 2.75) is 32.9 Å². The zero-order chi connectivity index (χ0) is 19.1. The van der Waals surface area contributed by atoms with Gasteiger partial charge in [0.25, 0.3) is 5.91 Å². The Labute approximate surface area is 158 Å². The van der Waals surface area contributed by atoms with Gasteiger partial charge in [-0.3, -0.25) is 4.79 Å². The van der Waals surface area contributed by atoms with E-state index in [1.54, 1.807) is 25.1 Å². The predicted octanol–water partition coefficient (Wildman–Crippen LogP) is 3.84. The fourth-order valence-corrected chi connectivity index (χ4v) is 2.54. The molecule has 0 aromatic heterocycles. The van der Waals surface area contributed by atoms with Crippen LogP contribution in [-0.4, -0.2) is 24.6 Å². The molecule has 0 unspecified atom stereocenters. The van der Waals surface area contributed by atoms with Crippen molar-refractivity contribution in [3.63, 3.8) is 0 Å².